The lowest BCUT2D eigenvalue weighted by molar-refractivity contribution is -0.126. The van der Waals surface area contributed by atoms with E-state index >= 15 is 0 Å². The van der Waals surface area contributed by atoms with E-state index in [4.69, 9.17) is 4.74 Å². The van der Waals surface area contributed by atoms with Crippen LogP contribution in [0.15, 0.2) is 41.8 Å². The summed E-state index contributed by atoms with van der Waals surface area (Å²) < 4.78 is 5.84. The summed E-state index contributed by atoms with van der Waals surface area (Å²) in [7, 11) is 0. The molecule has 1 N–H and O–H groups in total. The predicted molar refractivity (Wildman–Crippen MR) is 110 cm³/mol. The number of rotatable bonds is 3. The Labute approximate surface area is 169 Å². The molecular formula is C21H25N3O3S. The van der Waals surface area contributed by atoms with Crippen molar-refractivity contribution in [1.82, 2.24) is 10.2 Å². The molecule has 0 unspecified atom stereocenters. The predicted octanol–water partition coefficient (Wildman–Crippen LogP) is 3.48. The molecule has 3 heterocycles. The van der Waals surface area contributed by atoms with Gasteiger partial charge in [0.2, 0.25) is 5.91 Å². The second-order valence-electron chi connectivity index (χ2n) is 7.35. The van der Waals surface area contributed by atoms with Gasteiger partial charge in [0.15, 0.2) is 0 Å². The minimum Gasteiger partial charge on any atom is -0.487 e. The van der Waals surface area contributed by atoms with Crippen LogP contribution in [-0.2, 0) is 11.3 Å². The van der Waals surface area contributed by atoms with Crippen molar-refractivity contribution >= 4 is 29.0 Å². The smallest absolute Gasteiger partial charge is 0.324 e. The SMILES string of the molecule is C[C@H]1CN(C(=O)N2CCC(C(=O)NCc3cccs3)CC2)c2ccccc2O1. The number of thiophene rings is 1. The van der Waals surface area contributed by atoms with Gasteiger partial charge >= 0.3 is 6.03 Å². The highest BCUT2D eigenvalue weighted by Gasteiger charge is 2.33. The van der Waals surface area contributed by atoms with E-state index in [1.165, 1.54) is 0 Å². The summed E-state index contributed by atoms with van der Waals surface area (Å²) in [4.78, 5) is 30.4. The second kappa shape index (κ2) is 8.22. The summed E-state index contributed by atoms with van der Waals surface area (Å²) in [6.45, 7) is 4.29. The fourth-order valence-electron chi connectivity index (χ4n) is 3.81. The molecule has 1 atom stereocenters. The Balaban J connectivity index is 1.33. The van der Waals surface area contributed by atoms with Gasteiger partial charge < -0.3 is 15.0 Å². The van der Waals surface area contributed by atoms with Gasteiger partial charge in [-0.15, -0.1) is 11.3 Å². The summed E-state index contributed by atoms with van der Waals surface area (Å²) in [5.41, 5.74) is 0.821. The van der Waals surface area contributed by atoms with E-state index in [0.717, 1.165) is 16.3 Å². The van der Waals surface area contributed by atoms with Gasteiger partial charge in [0.1, 0.15) is 11.9 Å². The fraction of sp³-hybridized carbons (Fsp3) is 0.429. The number of ether oxygens (including phenoxy) is 1. The average molecular weight is 400 g/mol. The van der Waals surface area contributed by atoms with Crippen LogP contribution in [0.5, 0.6) is 5.75 Å². The van der Waals surface area contributed by atoms with E-state index < -0.39 is 0 Å². The highest BCUT2D eigenvalue weighted by molar-refractivity contribution is 7.09. The zero-order chi connectivity index (χ0) is 19.5. The van der Waals surface area contributed by atoms with Crippen LogP contribution in [-0.4, -0.2) is 42.6 Å². The Morgan fingerprint density at radius 2 is 1.96 bits per heavy atom. The second-order valence-corrected chi connectivity index (χ2v) is 8.38. The fourth-order valence-corrected chi connectivity index (χ4v) is 4.45. The number of likely N-dealkylation sites (tertiary alicyclic amines) is 1. The number of urea groups is 1. The number of benzene rings is 1. The summed E-state index contributed by atoms with van der Waals surface area (Å²) in [6, 6.07) is 11.7. The lowest BCUT2D eigenvalue weighted by Gasteiger charge is -2.39. The first-order valence-electron chi connectivity index (χ1n) is 9.74. The molecular weight excluding hydrogens is 374 g/mol. The molecule has 1 aromatic heterocycles. The van der Waals surface area contributed by atoms with Crippen LogP contribution in [0.3, 0.4) is 0 Å². The third-order valence-corrected chi connectivity index (χ3v) is 6.18. The first-order valence-corrected chi connectivity index (χ1v) is 10.6. The number of carbonyl (C=O) groups is 2. The highest BCUT2D eigenvalue weighted by Crippen LogP contribution is 2.34. The van der Waals surface area contributed by atoms with Crippen molar-refractivity contribution in [3.05, 3.63) is 46.7 Å². The van der Waals surface area contributed by atoms with Crippen molar-refractivity contribution in [3.63, 3.8) is 0 Å². The largest absolute Gasteiger partial charge is 0.487 e. The molecule has 28 heavy (non-hydrogen) atoms. The number of hydrogen-bond donors (Lipinski definition) is 1. The van der Waals surface area contributed by atoms with Crippen molar-refractivity contribution in [2.45, 2.75) is 32.4 Å². The van der Waals surface area contributed by atoms with Crippen molar-refractivity contribution in [3.8, 4) is 5.75 Å². The van der Waals surface area contributed by atoms with Crippen molar-refractivity contribution in [2.24, 2.45) is 5.92 Å². The van der Waals surface area contributed by atoms with Gasteiger partial charge in [0.05, 0.1) is 18.8 Å². The average Bonchev–Trinajstić information content (AvgIpc) is 3.24. The molecule has 2 aliphatic heterocycles. The molecule has 7 heteroatoms. The third-order valence-electron chi connectivity index (χ3n) is 5.31. The van der Waals surface area contributed by atoms with Gasteiger partial charge in [-0.05, 0) is 43.3 Å². The number of anilines is 1. The van der Waals surface area contributed by atoms with E-state index in [1.54, 1.807) is 16.2 Å². The Kier molecular flexibility index (Phi) is 5.52. The van der Waals surface area contributed by atoms with Crippen LogP contribution in [0.4, 0.5) is 10.5 Å². The highest BCUT2D eigenvalue weighted by atomic mass is 32.1. The number of amides is 3. The Morgan fingerprint density at radius 3 is 2.71 bits per heavy atom. The zero-order valence-corrected chi connectivity index (χ0v) is 16.8. The van der Waals surface area contributed by atoms with Gasteiger partial charge in [-0.3, -0.25) is 9.69 Å². The van der Waals surface area contributed by atoms with Crippen LogP contribution in [0.25, 0.3) is 0 Å². The standard InChI is InChI=1S/C21H25N3O3S/c1-15-14-24(18-6-2-3-7-19(18)27-15)21(26)23-10-8-16(9-11-23)20(25)22-13-17-5-4-12-28-17/h2-7,12,15-16H,8-11,13-14H2,1H3,(H,22,25)/t15-/m0/s1. The Bertz CT molecular complexity index is 831. The molecule has 0 spiro atoms. The van der Waals surface area contributed by atoms with Gasteiger partial charge in [-0.2, -0.15) is 0 Å². The van der Waals surface area contributed by atoms with E-state index in [9.17, 15) is 9.59 Å². The summed E-state index contributed by atoms with van der Waals surface area (Å²) in [6.07, 6.45) is 1.35. The molecule has 1 fully saturated rings. The number of piperidine rings is 1. The van der Waals surface area contributed by atoms with Crippen LogP contribution < -0.4 is 15.0 Å². The molecule has 0 radical (unpaired) electrons. The number of hydrogen-bond acceptors (Lipinski definition) is 4. The first kappa shape index (κ1) is 18.8. The number of fused-ring (bicyclic) bond motifs is 1. The minimum absolute atomic E-state index is 0.0000405. The van der Waals surface area contributed by atoms with Crippen molar-refractivity contribution < 1.29 is 14.3 Å². The molecule has 2 aliphatic rings. The molecule has 1 saturated heterocycles. The van der Waals surface area contributed by atoms with Gasteiger partial charge in [0.25, 0.3) is 0 Å². The summed E-state index contributed by atoms with van der Waals surface area (Å²) in [5.74, 6) is 0.809. The van der Waals surface area contributed by atoms with Gasteiger partial charge in [-0.1, -0.05) is 18.2 Å². The molecule has 0 aliphatic carbocycles. The molecule has 6 nitrogen and oxygen atoms in total. The molecule has 0 saturated carbocycles. The first-order chi connectivity index (χ1) is 13.6. The van der Waals surface area contributed by atoms with Gasteiger partial charge in [-0.25, -0.2) is 4.79 Å². The summed E-state index contributed by atoms with van der Waals surface area (Å²) >= 11 is 1.64. The lowest BCUT2D eigenvalue weighted by Crippen LogP contribution is -2.52. The molecule has 3 amide bonds. The molecule has 2 aromatic rings. The maximum atomic E-state index is 13.1. The number of para-hydroxylation sites is 2. The topological polar surface area (TPSA) is 61.9 Å². The van der Waals surface area contributed by atoms with E-state index in [2.05, 4.69) is 5.32 Å². The molecule has 148 valence electrons. The van der Waals surface area contributed by atoms with E-state index in [1.807, 2.05) is 53.6 Å². The molecule has 1 aromatic carbocycles. The van der Waals surface area contributed by atoms with Crippen LogP contribution in [0.2, 0.25) is 0 Å². The normalized spacial score (nSPS) is 19.7. The van der Waals surface area contributed by atoms with Gasteiger partial charge in [0, 0.05) is 23.9 Å². The van der Waals surface area contributed by atoms with Crippen LogP contribution >= 0.6 is 11.3 Å². The van der Waals surface area contributed by atoms with Crippen molar-refractivity contribution in [1.29, 1.82) is 0 Å². The van der Waals surface area contributed by atoms with Crippen LogP contribution in [0, 0.1) is 5.92 Å². The van der Waals surface area contributed by atoms with Crippen molar-refractivity contribution in [2.75, 3.05) is 24.5 Å². The Morgan fingerprint density at radius 1 is 1.18 bits per heavy atom. The van der Waals surface area contributed by atoms with E-state index in [0.29, 0.717) is 39.0 Å². The maximum Gasteiger partial charge on any atom is 0.324 e. The lowest BCUT2D eigenvalue weighted by atomic mass is 9.96. The zero-order valence-electron chi connectivity index (χ0n) is 16.0. The maximum absolute atomic E-state index is 13.1. The number of nitrogens with zero attached hydrogens (tertiary/aromatic N) is 2. The molecule has 4 rings (SSSR count). The van der Waals surface area contributed by atoms with Crippen LogP contribution in [0.1, 0.15) is 24.6 Å². The molecule has 0 bridgehead atoms. The monoisotopic (exact) mass is 399 g/mol. The number of nitrogens with one attached hydrogen (secondary N) is 1. The summed E-state index contributed by atoms with van der Waals surface area (Å²) in [5, 5.41) is 5.03. The quantitative estimate of drug-likeness (QED) is 0.860. The third kappa shape index (κ3) is 3.99. The minimum atomic E-state index is -0.0422. The Hall–Kier alpha value is -2.54. The number of carbonyl (C=O) groups excluding carboxylic acids is 2. The van der Waals surface area contributed by atoms with E-state index in [-0.39, 0.29) is 24.0 Å².